The second kappa shape index (κ2) is 21.7. The molecule has 368 valence electrons. The summed E-state index contributed by atoms with van der Waals surface area (Å²) in [6.45, 7) is 1.98. The van der Waals surface area contributed by atoms with Gasteiger partial charge in [0.05, 0.1) is 48.2 Å². The number of nitrogens with two attached hydrogens (primary N) is 3. The van der Waals surface area contributed by atoms with Gasteiger partial charge in [0.1, 0.15) is 31.0 Å². The SMILES string of the molecule is C[C@H](OC1OC2COC3(CCCCC3)OC2C(OC2OC(COC(=O)c3ccccc3)C(OC(=O)c3ccccc3)C2OC(=O)c2ccccc2)C1N)C(N)CC(N)[C@@H]1COC2(CCCCC2)O1. The molecule has 0 radical (unpaired) electrons. The first kappa shape index (κ1) is 48.6. The fourth-order valence-electron chi connectivity index (χ4n) is 10.2. The maximum absolute atomic E-state index is 14.0. The predicted octanol–water partition coefficient (Wildman–Crippen LogP) is 5.06. The minimum absolute atomic E-state index is 0.149. The minimum atomic E-state index is -1.44. The summed E-state index contributed by atoms with van der Waals surface area (Å²) in [4.78, 5) is 41.1. The van der Waals surface area contributed by atoms with Crippen LogP contribution in [0.3, 0.4) is 0 Å². The molecule has 13 atom stereocenters. The third-order valence-electron chi connectivity index (χ3n) is 14.1. The molecule has 17 nitrogen and oxygen atoms in total. The quantitative estimate of drug-likeness (QED) is 0.134. The van der Waals surface area contributed by atoms with E-state index in [-0.39, 0.29) is 23.8 Å². The maximum Gasteiger partial charge on any atom is 0.338 e. The Labute approximate surface area is 396 Å². The molecule has 9 rings (SSSR count). The van der Waals surface area contributed by atoms with Gasteiger partial charge in [-0.15, -0.1) is 0 Å². The number of fused-ring (bicyclic) bond motifs is 1. The highest BCUT2D eigenvalue weighted by Gasteiger charge is 2.58. The second-order valence-electron chi connectivity index (χ2n) is 18.9. The summed E-state index contributed by atoms with van der Waals surface area (Å²) in [5, 5.41) is 0. The summed E-state index contributed by atoms with van der Waals surface area (Å²) in [7, 11) is 0. The van der Waals surface area contributed by atoms with Gasteiger partial charge in [0.15, 0.2) is 36.4 Å². The van der Waals surface area contributed by atoms with E-state index in [0.29, 0.717) is 31.4 Å². The van der Waals surface area contributed by atoms with Gasteiger partial charge in [0.25, 0.3) is 0 Å². The van der Waals surface area contributed by atoms with E-state index >= 15 is 0 Å². The molecule has 2 spiro atoms. The Balaban J connectivity index is 0.980. The maximum atomic E-state index is 14.0. The van der Waals surface area contributed by atoms with E-state index in [1.165, 1.54) is 0 Å². The normalized spacial score (nSPS) is 32.1. The van der Waals surface area contributed by atoms with E-state index in [2.05, 4.69) is 0 Å². The molecule has 11 unspecified atom stereocenters. The van der Waals surface area contributed by atoms with Crippen LogP contribution in [0.1, 0.15) is 109 Å². The van der Waals surface area contributed by atoms with Crippen molar-refractivity contribution in [1.82, 2.24) is 0 Å². The molecule has 0 amide bonds. The first-order valence-corrected chi connectivity index (χ1v) is 24.3. The number of carbonyl (C=O) groups excluding carboxylic acids is 3. The zero-order valence-corrected chi connectivity index (χ0v) is 38.5. The minimum Gasteiger partial charge on any atom is -0.459 e. The molecule has 0 bridgehead atoms. The summed E-state index contributed by atoms with van der Waals surface area (Å²) >= 11 is 0. The Morgan fingerprint density at radius 3 is 1.76 bits per heavy atom. The molecule has 4 saturated heterocycles. The summed E-state index contributed by atoms with van der Waals surface area (Å²) in [5.41, 5.74) is 21.4. The lowest BCUT2D eigenvalue weighted by molar-refractivity contribution is -0.396. The van der Waals surface area contributed by atoms with Gasteiger partial charge >= 0.3 is 17.9 Å². The van der Waals surface area contributed by atoms with Gasteiger partial charge in [-0.3, -0.25) is 0 Å². The van der Waals surface area contributed by atoms with Crippen molar-refractivity contribution in [3.63, 3.8) is 0 Å². The van der Waals surface area contributed by atoms with Crippen molar-refractivity contribution in [2.75, 3.05) is 19.8 Å². The summed E-state index contributed by atoms with van der Waals surface area (Å²) in [6.07, 6.45) is -0.454. The van der Waals surface area contributed by atoms with Crippen LogP contribution in [0.25, 0.3) is 0 Å². The number of hydrogen-bond acceptors (Lipinski definition) is 17. The van der Waals surface area contributed by atoms with Gasteiger partial charge in [-0.25, -0.2) is 14.4 Å². The smallest absolute Gasteiger partial charge is 0.338 e. The van der Waals surface area contributed by atoms with Gasteiger partial charge in [-0.2, -0.15) is 0 Å². The van der Waals surface area contributed by atoms with Crippen molar-refractivity contribution >= 4 is 17.9 Å². The van der Waals surface area contributed by atoms with Crippen LogP contribution in [-0.2, 0) is 52.1 Å². The topological polar surface area (TPSA) is 231 Å². The lowest BCUT2D eigenvalue weighted by Crippen LogP contribution is -2.69. The molecule has 68 heavy (non-hydrogen) atoms. The van der Waals surface area contributed by atoms with Crippen molar-refractivity contribution < 1.29 is 66.5 Å². The van der Waals surface area contributed by atoms with Crippen LogP contribution in [0.5, 0.6) is 0 Å². The highest BCUT2D eigenvalue weighted by Crippen LogP contribution is 2.43. The van der Waals surface area contributed by atoms with Crippen LogP contribution >= 0.6 is 0 Å². The van der Waals surface area contributed by atoms with Crippen molar-refractivity contribution in [1.29, 1.82) is 0 Å². The molecule has 0 aromatic heterocycles. The van der Waals surface area contributed by atoms with E-state index in [1.54, 1.807) is 91.0 Å². The zero-order chi connectivity index (χ0) is 47.3. The Kier molecular flexibility index (Phi) is 15.5. The van der Waals surface area contributed by atoms with Crippen LogP contribution in [0.4, 0.5) is 0 Å². The van der Waals surface area contributed by atoms with Crippen molar-refractivity contribution in [2.24, 2.45) is 17.2 Å². The molecule has 2 saturated carbocycles. The van der Waals surface area contributed by atoms with Gasteiger partial charge in [-0.1, -0.05) is 67.4 Å². The van der Waals surface area contributed by atoms with Crippen LogP contribution in [0.2, 0.25) is 0 Å². The van der Waals surface area contributed by atoms with E-state index in [9.17, 15) is 14.4 Å². The molecule has 6 aliphatic rings. The number of benzene rings is 3. The highest BCUT2D eigenvalue weighted by molar-refractivity contribution is 5.91. The van der Waals surface area contributed by atoms with Crippen molar-refractivity contribution in [3.8, 4) is 0 Å². The summed E-state index contributed by atoms with van der Waals surface area (Å²) in [5.74, 6) is -3.58. The predicted molar refractivity (Wildman–Crippen MR) is 243 cm³/mol. The Hall–Kier alpha value is -4.37. The fraction of sp³-hybridized carbons (Fsp3) is 0.588. The van der Waals surface area contributed by atoms with Gasteiger partial charge in [0, 0.05) is 37.8 Å². The average Bonchev–Trinajstić information content (AvgIpc) is 3.92. The molecular formula is C51H65N3O14. The number of esters is 3. The van der Waals surface area contributed by atoms with Crippen LogP contribution in [0.15, 0.2) is 91.0 Å². The Morgan fingerprint density at radius 2 is 1.18 bits per heavy atom. The number of rotatable bonds is 15. The summed E-state index contributed by atoms with van der Waals surface area (Å²) < 4.78 is 70.7. The third kappa shape index (κ3) is 11.1. The van der Waals surface area contributed by atoms with Gasteiger partial charge in [-0.05, 0) is 75.4 Å². The molecule has 6 fully saturated rings. The highest BCUT2D eigenvalue weighted by atomic mass is 16.8. The van der Waals surface area contributed by atoms with E-state index in [1.807, 2.05) is 6.92 Å². The van der Waals surface area contributed by atoms with E-state index < -0.39 is 110 Å². The molecule has 3 aromatic carbocycles. The van der Waals surface area contributed by atoms with Crippen LogP contribution in [-0.4, -0.2) is 129 Å². The molecule has 4 aliphatic heterocycles. The lowest BCUT2D eigenvalue weighted by atomic mass is 9.90. The van der Waals surface area contributed by atoms with Gasteiger partial charge in [0.2, 0.25) is 0 Å². The number of ether oxygens (including phenoxy) is 11. The number of hydrogen-bond donors (Lipinski definition) is 3. The molecule has 6 N–H and O–H groups in total. The largest absolute Gasteiger partial charge is 0.459 e. The Morgan fingerprint density at radius 1 is 0.647 bits per heavy atom. The zero-order valence-electron chi connectivity index (χ0n) is 38.5. The Bertz CT molecular complexity index is 2130. The van der Waals surface area contributed by atoms with E-state index in [4.69, 9.17) is 69.3 Å². The molecule has 3 aromatic rings. The first-order chi connectivity index (χ1) is 33.0. The standard InChI is InChI=1S/C51H65N3O14/c1-31(35(52)27-36(53)37-29-59-50(67-37)23-13-5-14-24-50)61-48-40(54)43(42-39(62-48)30-60-51(68-42)25-15-6-16-26-51)66-49-44(65-47(57)34-21-11-4-12-22-34)41(64-46(56)33-19-9-3-10-20-33)38(63-49)28-58-45(55)32-17-7-2-8-18-32/h2-4,7-12,17-22,31,35-44,48-49H,5-6,13-16,23-30,52-54H2,1H3/t31-,35?,36?,37-,38?,39?,40?,41?,42?,43?,44?,48?,49?/m0/s1. The van der Waals surface area contributed by atoms with Gasteiger partial charge < -0.3 is 69.3 Å². The molecule has 4 heterocycles. The second-order valence-corrected chi connectivity index (χ2v) is 18.9. The average molecular weight is 944 g/mol. The summed E-state index contributed by atoms with van der Waals surface area (Å²) in [6, 6.07) is 23.1. The third-order valence-corrected chi connectivity index (χ3v) is 14.1. The molecule has 17 heteroatoms. The van der Waals surface area contributed by atoms with Crippen LogP contribution in [0, 0.1) is 0 Å². The van der Waals surface area contributed by atoms with Crippen LogP contribution < -0.4 is 17.2 Å². The molecule has 2 aliphatic carbocycles. The lowest BCUT2D eigenvalue weighted by Gasteiger charge is -2.53. The fourth-order valence-corrected chi connectivity index (χ4v) is 10.2. The van der Waals surface area contributed by atoms with E-state index in [0.717, 1.165) is 51.4 Å². The first-order valence-electron chi connectivity index (χ1n) is 24.3. The monoisotopic (exact) mass is 943 g/mol. The number of carbonyl (C=O) groups is 3. The van der Waals surface area contributed by atoms with Crippen molar-refractivity contribution in [3.05, 3.63) is 108 Å². The van der Waals surface area contributed by atoms with Crippen molar-refractivity contribution in [2.45, 2.75) is 169 Å². The molecular weight excluding hydrogens is 879 g/mol.